The maximum Gasteiger partial charge on any atom is 0.339 e. The van der Waals surface area contributed by atoms with Crippen LogP contribution in [0.2, 0.25) is 0 Å². The first-order chi connectivity index (χ1) is 16.2. The Balaban J connectivity index is 1.87. The molecule has 0 unspecified atom stereocenters. The van der Waals surface area contributed by atoms with Crippen LogP contribution in [0.5, 0.6) is 11.5 Å². The van der Waals surface area contributed by atoms with Crippen molar-refractivity contribution in [2.24, 2.45) is 0 Å². The van der Waals surface area contributed by atoms with Gasteiger partial charge in [0.25, 0.3) is 10.1 Å². The molecule has 0 aliphatic carbocycles. The quantitative estimate of drug-likeness (QED) is 0.103. The molecule has 0 aliphatic rings. The largest absolute Gasteiger partial charge is 0.426 e. The van der Waals surface area contributed by atoms with Crippen molar-refractivity contribution in [3.63, 3.8) is 0 Å². The maximum absolute atomic E-state index is 13.1. The maximum atomic E-state index is 13.1. The second kappa shape index (κ2) is 12.1. The second-order valence-corrected chi connectivity index (χ2v) is 15.5. The Kier molecular flexibility index (Phi) is 10.4. The summed E-state index contributed by atoms with van der Waals surface area (Å²) in [4.78, 5) is 12.2. The second-order valence-electron chi connectivity index (χ2n) is 6.69. The van der Waals surface area contributed by atoms with Gasteiger partial charge in [-0.15, -0.1) is 0 Å². The summed E-state index contributed by atoms with van der Waals surface area (Å²) in [5.74, 6) is -0.514. The normalized spacial score (nSPS) is 11.8. The van der Waals surface area contributed by atoms with E-state index in [0.29, 0.717) is 7.14 Å². The molecule has 35 heavy (non-hydrogen) atoms. The Morgan fingerprint density at radius 2 is 1.37 bits per heavy atom. The van der Waals surface area contributed by atoms with Gasteiger partial charge in [-0.3, -0.25) is 9.35 Å². The molecule has 1 N–H and O–H groups in total. The topological polar surface area (TPSA) is 124 Å². The van der Waals surface area contributed by atoms with E-state index in [0.717, 1.165) is 3.57 Å². The summed E-state index contributed by atoms with van der Waals surface area (Å²) >= 11 is 9.53. The number of hydrogen-bond acceptors (Lipinski definition) is 7. The predicted octanol–water partition coefficient (Wildman–Crippen LogP) is 5.87. The Morgan fingerprint density at radius 3 is 1.91 bits per heavy atom. The van der Waals surface area contributed by atoms with E-state index in [2.05, 4.69) is 22.6 Å². The van der Waals surface area contributed by atoms with Gasteiger partial charge in [0.1, 0.15) is 15.5 Å². The van der Waals surface area contributed by atoms with Crippen LogP contribution in [0.3, 0.4) is 0 Å². The number of esters is 1. The fourth-order valence-corrected chi connectivity index (χ4v) is 12.1. The van der Waals surface area contributed by atoms with Crippen LogP contribution < -0.4 is 8.92 Å². The molecule has 8 nitrogen and oxygen atoms in total. The number of ether oxygens (including phenoxy) is 1. The summed E-state index contributed by atoms with van der Waals surface area (Å²) in [7, 11) is -8.72. The van der Waals surface area contributed by atoms with Gasteiger partial charge in [-0.1, -0.05) is 18.2 Å². The standard InChI is InChI=1S/C20H11I5O8S2/c21-11-6-13(22)19(14(23)7-11)33-35(30,31)17-4-2-1-3-10(17)5-18(26)32-12-8-15(24)20(16(25)9-12)34(27,28)29/h1-4,6-9H,5H2,(H,27,28,29). The first-order valence-corrected chi connectivity index (χ1v) is 17.3. The summed E-state index contributed by atoms with van der Waals surface area (Å²) in [5, 5.41) is 0. The van der Waals surface area contributed by atoms with Crippen molar-refractivity contribution >= 4 is 139 Å². The van der Waals surface area contributed by atoms with Crippen molar-refractivity contribution in [1.82, 2.24) is 0 Å². The smallest absolute Gasteiger partial charge is 0.339 e. The highest BCUT2D eigenvalue weighted by Crippen LogP contribution is 2.33. The van der Waals surface area contributed by atoms with Crippen molar-refractivity contribution in [3.8, 4) is 11.5 Å². The lowest BCUT2D eigenvalue weighted by atomic mass is 10.1. The lowest BCUT2D eigenvalue weighted by Crippen LogP contribution is -2.17. The molecule has 3 rings (SSSR count). The first-order valence-electron chi connectivity index (χ1n) is 9.03. The minimum atomic E-state index is -4.45. The molecule has 0 spiro atoms. The van der Waals surface area contributed by atoms with E-state index in [9.17, 15) is 26.2 Å². The highest BCUT2D eigenvalue weighted by Gasteiger charge is 2.25. The Hall–Kier alpha value is 0.440. The molecule has 0 aromatic heterocycles. The summed E-state index contributed by atoms with van der Waals surface area (Å²) in [6, 6.07) is 12.1. The minimum Gasteiger partial charge on any atom is -0.426 e. The number of rotatable bonds is 7. The van der Waals surface area contributed by atoms with Crippen LogP contribution in [0.4, 0.5) is 0 Å². The molecule has 0 bridgehead atoms. The molecule has 0 atom stereocenters. The Morgan fingerprint density at radius 1 is 0.829 bits per heavy atom. The predicted molar refractivity (Wildman–Crippen MR) is 170 cm³/mol. The average molecular weight is 1080 g/mol. The van der Waals surface area contributed by atoms with E-state index in [1.807, 2.05) is 45.2 Å². The third kappa shape index (κ3) is 7.74. The molecule has 0 radical (unpaired) electrons. The molecule has 0 saturated heterocycles. The summed E-state index contributed by atoms with van der Waals surface area (Å²) < 4.78 is 71.9. The average Bonchev–Trinajstić information content (AvgIpc) is 2.69. The number of benzene rings is 3. The van der Waals surface area contributed by atoms with E-state index >= 15 is 0 Å². The van der Waals surface area contributed by atoms with E-state index in [4.69, 9.17) is 8.92 Å². The van der Waals surface area contributed by atoms with Crippen molar-refractivity contribution in [2.45, 2.75) is 16.2 Å². The van der Waals surface area contributed by atoms with Gasteiger partial charge >= 0.3 is 16.1 Å². The highest BCUT2D eigenvalue weighted by atomic mass is 127. The van der Waals surface area contributed by atoms with Crippen LogP contribution in [-0.4, -0.2) is 27.4 Å². The minimum absolute atomic E-state index is 0.0517. The van der Waals surface area contributed by atoms with Crippen LogP contribution >= 0.6 is 113 Å². The SMILES string of the molecule is O=C(Cc1ccccc1S(=O)(=O)Oc1c(I)cc(I)cc1I)Oc1cc(I)c(S(=O)(=O)O)c(I)c1. The number of hydrogen-bond donors (Lipinski definition) is 1. The number of halogens is 5. The summed E-state index contributed by atoms with van der Waals surface area (Å²) in [5.41, 5.74) is 0.173. The van der Waals surface area contributed by atoms with Crippen LogP contribution in [0, 0.1) is 17.9 Å². The highest BCUT2D eigenvalue weighted by molar-refractivity contribution is 14.1. The molecule has 0 fully saturated rings. The van der Waals surface area contributed by atoms with E-state index in [-0.39, 0.29) is 40.4 Å². The van der Waals surface area contributed by atoms with Gasteiger partial charge in [0.15, 0.2) is 5.75 Å². The van der Waals surface area contributed by atoms with Gasteiger partial charge in [0, 0.05) is 10.7 Å². The lowest BCUT2D eigenvalue weighted by Gasteiger charge is -2.14. The fraction of sp³-hybridized carbons (Fsp3) is 0.0500. The summed E-state index contributed by atoms with van der Waals surface area (Å²) in [6.45, 7) is 0. The molecule has 15 heteroatoms. The number of carbonyl (C=O) groups is 1. The molecule has 3 aromatic rings. The lowest BCUT2D eigenvalue weighted by molar-refractivity contribution is -0.133. The molecule has 0 heterocycles. The molecule has 0 amide bonds. The van der Waals surface area contributed by atoms with Crippen molar-refractivity contribution in [3.05, 3.63) is 71.9 Å². The Bertz CT molecular complexity index is 1490. The summed E-state index contributed by atoms with van der Waals surface area (Å²) in [6.07, 6.45) is -0.382. The fourth-order valence-electron chi connectivity index (χ4n) is 2.82. The first kappa shape index (κ1) is 30.0. The van der Waals surface area contributed by atoms with Crippen LogP contribution in [0.1, 0.15) is 5.56 Å². The third-order valence-electron chi connectivity index (χ3n) is 4.19. The van der Waals surface area contributed by atoms with Gasteiger partial charge in [-0.25, -0.2) is 0 Å². The zero-order valence-corrected chi connectivity index (χ0v) is 29.3. The molecular formula is C20H11I5O8S2. The Labute approximate surface area is 269 Å². The van der Waals surface area contributed by atoms with Crippen LogP contribution in [-0.2, 0) is 31.5 Å². The van der Waals surface area contributed by atoms with Crippen LogP contribution in [0.15, 0.2) is 58.3 Å². The van der Waals surface area contributed by atoms with E-state index in [1.54, 1.807) is 63.4 Å². The molecule has 3 aromatic carbocycles. The van der Waals surface area contributed by atoms with E-state index < -0.39 is 26.2 Å². The van der Waals surface area contributed by atoms with E-state index in [1.165, 1.54) is 30.3 Å². The van der Waals surface area contributed by atoms with Gasteiger partial charge in [0.05, 0.1) is 13.6 Å². The van der Waals surface area contributed by atoms with Gasteiger partial charge in [-0.05, 0) is 149 Å². The zero-order valence-electron chi connectivity index (χ0n) is 16.8. The monoisotopic (exact) mass is 1080 g/mol. The van der Waals surface area contributed by atoms with Gasteiger partial charge in [0.2, 0.25) is 0 Å². The van der Waals surface area contributed by atoms with Gasteiger partial charge in [-0.2, -0.15) is 16.8 Å². The molecule has 186 valence electrons. The zero-order chi connectivity index (χ0) is 26.1. The molecular weight excluding hydrogens is 1070 g/mol. The molecule has 0 saturated carbocycles. The van der Waals surface area contributed by atoms with Crippen molar-refractivity contribution in [2.75, 3.05) is 0 Å². The third-order valence-corrected chi connectivity index (χ3v) is 11.1. The number of carbonyl (C=O) groups excluding carboxylic acids is 1. The van der Waals surface area contributed by atoms with Gasteiger partial charge < -0.3 is 8.92 Å². The molecule has 0 aliphatic heterocycles. The van der Waals surface area contributed by atoms with Crippen molar-refractivity contribution < 1.29 is 35.1 Å². The van der Waals surface area contributed by atoms with Crippen LogP contribution in [0.25, 0.3) is 0 Å². The van der Waals surface area contributed by atoms with Crippen molar-refractivity contribution in [1.29, 1.82) is 0 Å².